The fraction of sp³-hybridized carbons (Fsp3) is 0.400. The number of anilines is 1. The van der Waals surface area contributed by atoms with Crippen molar-refractivity contribution in [2.45, 2.75) is 30.8 Å². The molecule has 0 spiro atoms. The molecule has 1 aromatic carbocycles. The predicted molar refractivity (Wildman–Crippen MR) is 82.8 cm³/mol. The fourth-order valence-corrected chi connectivity index (χ4v) is 3.01. The van der Waals surface area contributed by atoms with Crippen molar-refractivity contribution in [3.63, 3.8) is 0 Å². The Kier molecular flexibility index (Phi) is 4.74. The van der Waals surface area contributed by atoms with Crippen LogP contribution < -0.4 is 5.32 Å². The first-order valence-corrected chi connectivity index (χ1v) is 8.13. The summed E-state index contributed by atoms with van der Waals surface area (Å²) in [5.41, 5.74) is 1.17. The van der Waals surface area contributed by atoms with Gasteiger partial charge >= 0.3 is 6.01 Å². The average Bonchev–Trinajstić information content (AvgIpc) is 3.16. The highest BCUT2D eigenvalue weighted by atomic mass is 32.2. The summed E-state index contributed by atoms with van der Waals surface area (Å²) in [5.74, 6) is 0.550. The number of nitrogens with one attached hydrogen (secondary N) is 1. The standard InChI is InChI=1S/C15H17N3O3S/c1-10-4-2-5-11(8-10)22-9-13(19)16-15-18-17-14(21-15)12-6-3-7-20-12/h2,4-5,8,12H,3,6-7,9H2,1H3,(H,16,18,19)/t12-/m0/s1. The smallest absolute Gasteiger partial charge is 0.322 e. The third-order valence-electron chi connectivity index (χ3n) is 3.25. The van der Waals surface area contributed by atoms with E-state index in [-0.39, 0.29) is 18.0 Å². The molecule has 1 aliphatic heterocycles. The van der Waals surface area contributed by atoms with Crippen molar-refractivity contribution in [3.8, 4) is 0 Å². The molecule has 1 aliphatic rings. The number of aromatic nitrogens is 2. The number of carbonyl (C=O) groups excluding carboxylic acids is 1. The van der Waals surface area contributed by atoms with Gasteiger partial charge in [-0.25, -0.2) is 0 Å². The number of carbonyl (C=O) groups is 1. The third-order valence-corrected chi connectivity index (χ3v) is 4.25. The summed E-state index contributed by atoms with van der Waals surface area (Å²) >= 11 is 1.47. The van der Waals surface area contributed by atoms with E-state index in [4.69, 9.17) is 9.15 Å². The van der Waals surface area contributed by atoms with E-state index in [9.17, 15) is 4.79 Å². The van der Waals surface area contributed by atoms with Gasteiger partial charge in [-0.15, -0.1) is 16.9 Å². The molecule has 0 aliphatic carbocycles. The van der Waals surface area contributed by atoms with E-state index in [0.717, 1.165) is 17.7 Å². The molecule has 6 nitrogen and oxygen atoms in total. The van der Waals surface area contributed by atoms with Gasteiger partial charge in [0.25, 0.3) is 0 Å². The number of ether oxygens (including phenoxy) is 1. The number of nitrogens with zero attached hydrogens (tertiary/aromatic N) is 2. The summed E-state index contributed by atoms with van der Waals surface area (Å²) in [5, 5.41) is 10.4. The van der Waals surface area contributed by atoms with Gasteiger partial charge in [-0.2, -0.15) is 0 Å². The molecular formula is C15H17N3O3S. The maximum Gasteiger partial charge on any atom is 0.322 e. The summed E-state index contributed by atoms with van der Waals surface area (Å²) in [7, 11) is 0. The first-order valence-electron chi connectivity index (χ1n) is 7.15. The SMILES string of the molecule is Cc1cccc(SCC(=O)Nc2nnc([C@@H]3CCCO3)o2)c1. The summed E-state index contributed by atoms with van der Waals surface area (Å²) in [6.07, 6.45) is 1.72. The van der Waals surface area contributed by atoms with Gasteiger partial charge in [0.2, 0.25) is 11.8 Å². The molecule has 1 amide bonds. The van der Waals surface area contributed by atoms with E-state index in [1.54, 1.807) is 0 Å². The fourth-order valence-electron chi connectivity index (χ4n) is 2.20. The van der Waals surface area contributed by atoms with Crippen molar-refractivity contribution in [1.82, 2.24) is 10.2 Å². The molecule has 0 radical (unpaired) electrons. The van der Waals surface area contributed by atoms with E-state index in [1.165, 1.54) is 17.3 Å². The van der Waals surface area contributed by atoms with Gasteiger partial charge in [0.1, 0.15) is 6.10 Å². The van der Waals surface area contributed by atoms with Crippen LogP contribution in [0.4, 0.5) is 6.01 Å². The molecule has 116 valence electrons. The Morgan fingerprint density at radius 2 is 2.36 bits per heavy atom. The predicted octanol–water partition coefficient (Wildman–Crippen LogP) is 2.96. The van der Waals surface area contributed by atoms with Crippen molar-refractivity contribution >= 4 is 23.7 Å². The van der Waals surface area contributed by atoms with Crippen molar-refractivity contribution in [2.24, 2.45) is 0 Å². The number of benzene rings is 1. The molecular weight excluding hydrogens is 302 g/mol. The van der Waals surface area contributed by atoms with E-state index in [0.29, 0.717) is 18.3 Å². The molecule has 2 aromatic rings. The van der Waals surface area contributed by atoms with Crippen LogP contribution in [0, 0.1) is 6.92 Å². The summed E-state index contributed by atoms with van der Waals surface area (Å²) < 4.78 is 10.9. The van der Waals surface area contributed by atoms with E-state index in [2.05, 4.69) is 15.5 Å². The first kappa shape index (κ1) is 15.1. The van der Waals surface area contributed by atoms with Crippen LogP contribution in [0.3, 0.4) is 0 Å². The number of thioether (sulfide) groups is 1. The highest BCUT2D eigenvalue weighted by Crippen LogP contribution is 2.28. The zero-order chi connectivity index (χ0) is 15.4. The molecule has 1 N–H and O–H groups in total. The minimum Gasteiger partial charge on any atom is -0.405 e. The lowest BCUT2D eigenvalue weighted by Gasteiger charge is -2.03. The maximum absolute atomic E-state index is 11.9. The largest absolute Gasteiger partial charge is 0.405 e. The summed E-state index contributed by atoms with van der Waals surface area (Å²) in [4.78, 5) is 13.0. The zero-order valence-corrected chi connectivity index (χ0v) is 13.1. The Bertz CT molecular complexity index is 653. The van der Waals surface area contributed by atoms with Gasteiger partial charge in [0.05, 0.1) is 5.75 Å². The summed E-state index contributed by atoms with van der Waals surface area (Å²) in [6.45, 7) is 2.73. The normalized spacial score (nSPS) is 17.6. The molecule has 1 fully saturated rings. The van der Waals surface area contributed by atoms with Crippen LogP contribution in [0.1, 0.15) is 30.4 Å². The molecule has 22 heavy (non-hydrogen) atoms. The van der Waals surface area contributed by atoms with Gasteiger partial charge in [-0.05, 0) is 31.9 Å². The van der Waals surface area contributed by atoms with Crippen LogP contribution in [-0.2, 0) is 9.53 Å². The maximum atomic E-state index is 11.9. The Labute approximate surface area is 132 Å². The number of rotatable bonds is 5. The Balaban J connectivity index is 1.51. The van der Waals surface area contributed by atoms with Crippen LogP contribution >= 0.6 is 11.8 Å². The number of aryl methyl sites for hydroxylation is 1. The minimum atomic E-state index is -0.172. The van der Waals surface area contributed by atoms with Gasteiger partial charge < -0.3 is 9.15 Å². The molecule has 1 aromatic heterocycles. The Morgan fingerprint density at radius 3 is 3.14 bits per heavy atom. The molecule has 3 rings (SSSR count). The first-order chi connectivity index (χ1) is 10.7. The monoisotopic (exact) mass is 319 g/mol. The van der Waals surface area contributed by atoms with E-state index >= 15 is 0 Å². The zero-order valence-electron chi connectivity index (χ0n) is 12.2. The average molecular weight is 319 g/mol. The van der Waals surface area contributed by atoms with Crippen molar-refractivity contribution in [2.75, 3.05) is 17.7 Å². The number of hydrogen-bond acceptors (Lipinski definition) is 6. The molecule has 0 bridgehead atoms. The van der Waals surface area contributed by atoms with Crippen LogP contribution in [0.2, 0.25) is 0 Å². The van der Waals surface area contributed by atoms with Crippen LogP contribution in [-0.4, -0.2) is 28.5 Å². The molecule has 1 atom stereocenters. The van der Waals surface area contributed by atoms with Crippen LogP contribution in [0.5, 0.6) is 0 Å². The molecule has 1 saturated heterocycles. The second-order valence-corrected chi connectivity index (χ2v) is 6.15. The van der Waals surface area contributed by atoms with Crippen molar-refractivity contribution < 1.29 is 13.9 Å². The summed E-state index contributed by atoms with van der Waals surface area (Å²) in [6, 6.07) is 8.14. The van der Waals surface area contributed by atoms with E-state index in [1.807, 2.05) is 31.2 Å². The highest BCUT2D eigenvalue weighted by molar-refractivity contribution is 8.00. The van der Waals surface area contributed by atoms with Gasteiger partial charge in [0, 0.05) is 11.5 Å². The minimum absolute atomic E-state index is 0.125. The quantitative estimate of drug-likeness (QED) is 0.854. The second kappa shape index (κ2) is 6.93. The molecule has 0 saturated carbocycles. The lowest BCUT2D eigenvalue weighted by Crippen LogP contribution is -2.14. The van der Waals surface area contributed by atoms with Gasteiger partial charge in [-0.3, -0.25) is 10.1 Å². The van der Waals surface area contributed by atoms with Crippen LogP contribution in [0.25, 0.3) is 0 Å². The number of hydrogen-bond donors (Lipinski definition) is 1. The molecule has 7 heteroatoms. The topological polar surface area (TPSA) is 77.2 Å². The van der Waals surface area contributed by atoms with E-state index < -0.39 is 0 Å². The van der Waals surface area contributed by atoms with Crippen molar-refractivity contribution in [3.05, 3.63) is 35.7 Å². The molecule has 2 heterocycles. The lowest BCUT2D eigenvalue weighted by molar-refractivity contribution is -0.113. The second-order valence-electron chi connectivity index (χ2n) is 5.10. The lowest BCUT2D eigenvalue weighted by atomic mass is 10.2. The number of amides is 1. The van der Waals surface area contributed by atoms with Gasteiger partial charge in [0.15, 0.2) is 0 Å². The van der Waals surface area contributed by atoms with Gasteiger partial charge in [-0.1, -0.05) is 22.8 Å². The molecule has 0 unspecified atom stereocenters. The van der Waals surface area contributed by atoms with Crippen molar-refractivity contribution in [1.29, 1.82) is 0 Å². The third kappa shape index (κ3) is 3.86. The Hall–Kier alpha value is -1.86. The Morgan fingerprint density at radius 1 is 1.45 bits per heavy atom. The highest BCUT2D eigenvalue weighted by Gasteiger charge is 2.23. The van der Waals surface area contributed by atoms with Crippen LogP contribution in [0.15, 0.2) is 33.6 Å².